The van der Waals surface area contributed by atoms with Gasteiger partial charge in [0.2, 0.25) is 5.56 Å². The fraction of sp³-hybridized carbons (Fsp3) is 0.312. The Labute approximate surface area is 136 Å². The van der Waals surface area contributed by atoms with Crippen LogP contribution in [0.3, 0.4) is 0 Å². The van der Waals surface area contributed by atoms with Crippen molar-refractivity contribution in [3.63, 3.8) is 0 Å². The molecule has 1 aliphatic carbocycles. The van der Waals surface area contributed by atoms with E-state index in [2.05, 4.69) is 26.2 Å². The van der Waals surface area contributed by atoms with Gasteiger partial charge >= 0.3 is 0 Å². The summed E-state index contributed by atoms with van der Waals surface area (Å²) in [4.78, 5) is 14.4. The van der Waals surface area contributed by atoms with E-state index >= 15 is 0 Å². The summed E-state index contributed by atoms with van der Waals surface area (Å²) in [5.41, 5.74) is 4.20. The summed E-state index contributed by atoms with van der Waals surface area (Å²) in [5, 5.41) is 4.29. The molecule has 1 atom stereocenters. The first-order valence-electron chi connectivity index (χ1n) is 6.99. The predicted molar refractivity (Wildman–Crippen MR) is 90.3 cm³/mol. The average molecular weight is 368 g/mol. The number of hydrogen-bond acceptors (Lipinski definition) is 2. The molecular weight excluding hydrogens is 352 g/mol. The summed E-state index contributed by atoms with van der Waals surface area (Å²) >= 11 is 9.80. The summed E-state index contributed by atoms with van der Waals surface area (Å²) < 4.78 is 1.00. The molecule has 1 unspecified atom stereocenters. The first-order valence-corrected chi connectivity index (χ1v) is 8.16. The van der Waals surface area contributed by atoms with Gasteiger partial charge in [0.25, 0.3) is 0 Å². The normalized spacial score (nSPS) is 17.4. The molecule has 0 aliphatic heterocycles. The Morgan fingerprint density at radius 1 is 1.38 bits per heavy atom. The fourth-order valence-corrected chi connectivity index (χ4v) is 3.53. The maximum absolute atomic E-state index is 11.4. The molecule has 0 amide bonds. The van der Waals surface area contributed by atoms with Crippen LogP contribution in [0.4, 0.5) is 5.69 Å². The molecule has 110 valence electrons. The third-order valence-electron chi connectivity index (χ3n) is 3.91. The van der Waals surface area contributed by atoms with Crippen molar-refractivity contribution < 1.29 is 0 Å². The Morgan fingerprint density at radius 2 is 2.19 bits per heavy atom. The molecule has 5 heteroatoms. The van der Waals surface area contributed by atoms with Gasteiger partial charge in [-0.05, 0) is 71.4 Å². The van der Waals surface area contributed by atoms with Gasteiger partial charge in [-0.25, -0.2) is 0 Å². The van der Waals surface area contributed by atoms with Crippen LogP contribution < -0.4 is 10.9 Å². The van der Waals surface area contributed by atoms with Crippen molar-refractivity contribution in [2.75, 3.05) is 5.32 Å². The SMILES string of the molecule is Cc1cc(Br)c(NC2CCCc3[nH]c(=O)ccc32)cc1Cl. The van der Waals surface area contributed by atoms with Crippen LogP contribution in [0.5, 0.6) is 0 Å². The third-order valence-corrected chi connectivity index (χ3v) is 4.97. The Kier molecular flexibility index (Phi) is 4.09. The van der Waals surface area contributed by atoms with Crippen molar-refractivity contribution in [2.24, 2.45) is 0 Å². The summed E-state index contributed by atoms with van der Waals surface area (Å²) in [6, 6.07) is 7.67. The smallest absolute Gasteiger partial charge is 0.248 e. The number of halogens is 2. The maximum atomic E-state index is 11.4. The molecule has 1 heterocycles. The molecule has 1 aliphatic rings. The van der Waals surface area contributed by atoms with E-state index in [1.807, 2.05) is 25.1 Å². The highest BCUT2D eigenvalue weighted by Crippen LogP contribution is 2.35. The van der Waals surface area contributed by atoms with Crippen molar-refractivity contribution in [3.8, 4) is 0 Å². The van der Waals surface area contributed by atoms with Gasteiger partial charge in [0.1, 0.15) is 0 Å². The molecule has 3 nitrogen and oxygen atoms in total. The van der Waals surface area contributed by atoms with Crippen molar-refractivity contribution in [3.05, 3.63) is 60.9 Å². The molecule has 0 bridgehead atoms. The van der Waals surface area contributed by atoms with Crippen LogP contribution >= 0.6 is 27.5 Å². The number of pyridine rings is 1. The van der Waals surface area contributed by atoms with Crippen LogP contribution in [0, 0.1) is 6.92 Å². The molecule has 1 aromatic heterocycles. The highest BCUT2D eigenvalue weighted by atomic mass is 79.9. The lowest BCUT2D eigenvalue weighted by molar-refractivity contribution is 0.586. The second-order valence-electron chi connectivity index (χ2n) is 5.43. The number of fused-ring (bicyclic) bond motifs is 1. The van der Waals surface area contributed by atoms with Crippen LogP contribution in [-0.4, -0.2) is 4.98 Å². The number of benzene rings is 1. The van der Waals surface area contributed by atoms with E-state index in [0.29, 0.717) is 0 Å². The van der Waals surface area contributed by atoms with Gasteiger partial charge in [-0.3, -0.25) is 4.79 Å². The van der Waals surface area contributed by atoms with E-state index in [4.69, 9.17) is 11.6 Å². The van der Waals surface area contributed by atoms with E-state index in [0.717, 1.165) is 45.7 Å². The van der Waals surface area contributed by atoms with Gasteiger partial charge in [-0.1, -0.05) is 11.6 Å². The summed E-state index contributed by atoms with van der Waals surface area (Å²) in [6.07, 6.45) is 3.03. The highest BCUT2D eigenvalue weighted by Gasteiger charge is 2.21. The minimum Gasteiger partial charge on any atom is -0.377 e. The highest BCUT2D eigenvalue weighted by molar-refractivity contribution is 9.10. The monoisotopic (exact) mass is 366 g/mol. The largest absolute Gasteiger partial charge is 0.377 e. The summed E-state index contributed by atoms with van der Waals surface area (Å²) in [6.45, 7) is 1.98. The molecule has 0 fully saturated rings. The summed E-state index contributed by atoms with van der Waals surface area (Å²) in [7, 11) is 0. The lowest BCUT2D eigenvalue weighted by atomic mass is 9.91. The third kappa shape index (κ3) is 3.01. The van der Waals surface area contributed by atoms with Crippen LogP contribution in [0.2, 0.25) is 5.02 Å². The van der Waals surface area contributed by atoms with E-state index in [9.17, 15) is 4.79 Å². The van der Waals surface area contributed by atoms with E-state index in [1.165, 1.54) is 5.56 Å². The van der Waals surface area contributed by atoms with Crippen molar-refractivity contribution in [1.29, 1.82) is 0 Å². The topological polar surface area (TPSA) is 44.9 Å². The van der Waals surface area contributed by atoms with E-state index in [1.54, 1.807) is 6.07 Å². The minimum absolute atomic E-state index is 0.0334. The average Bonchev–Trinajstić information content (AvgIpc) is 2.44. The Hall–Kier alpha value is -1.26. The second kappa shape index (κ2) is 5.85. The van der Waals surface area contributed by atoms with Gasteiger partial charge in [-0.15, -0.1) is 0 Å². The number of rotatable bonds is 2. The van der Waals surface area contributed by atoms with Crippen LogP contribution in [0.15, 0.2) is 33.5 Å². The van der Waals surface area contributed by atoms with Gasteiger partial charge in [-0.2, -0.15) is 0 Å². The molecule has 2 N–H and O–H groups in total. The van der Waals surface area contributed by atoms with Crippen molar-refractivity contribution in [1.82, 2.24) is 4.98 Å². The van der Waals surface area contributed by atoms with Crippen molar-refractivity contribution >= 4 is 33.2 Å². The number of aromatic nitrogens is 1. The molecule has 21 heavy (non-hydrogen) atoms. The fourth-order valence-electron chi connectivity index (χ4n) is 2.79. The number of anilines is 1. The van der Waals surface area contributed by atoms with E-state index in [-0.39, 0.29) is 11.6 Å². The molecule has 0 saturated carbocycles. The van der Waals surface area contributed by atoms with Crippen LogP contribution in [-0.2, 0) is 6.42 Å². The first-order chi connectivity index (χ1) is 10.0. The molecule has 1 aromatic carbocycles. The van der Waals surface area contributed by atoms with Gasteiger partial charge in [0.05, 0.1) is 11.7 Å². The molecule has 2 aromatic rings. The molecule has 3 rings (SSSR count). The zero-order valence-electron chi connectivity index (χ0n) is 11.7. The number of H-pyrrole nitrogens is 1. The zero-order valence-corrected chi connectivity index (χ0v) is 14.0. The molecule has 0 saturated heterocycles. The predicted octanol–water partition coefficient (Wildman–Crippen LogP) is 4.59. The number of nitrogens with one attached hydrogen (secondary N) is 2. The zero-order chi connectivity index (χ0) is 15.0. The van der Waals surface area contributed by atoms with E-state index < -0.39 is 0 Å². The van der Waals surface area contributed by atoms with Gasteiger partial charge < -0.3 is 10.3 Å². The quantitative estimate of drug-likeness (QED) is 0.815. The molecule has 0 spiro atoms. The second-order valence-corrected chi connectivity index (χ2v) is 6.69. The Bertz CT molecular complexity index is 742. The van der Waals surface area contributed by atoms with Crippen LogP contribution in [0.1, 0.15) is 35.7 Å². The molecular formula is C16H16BrClN2O. The lowest BCUT2D eigenvalue weighted by Gasteiger charge is -2.27. The Balaban J connectivity index is 1.94. The number of hydrogen-bond donors (Lipinski definition) is 2. The van der Waals surface area contributed by atoms with Crippen molar-refractivity contribution in [2.45, 2.75) is 32.2 Å². The lowest BCUT2D eigenvalue weighted by Crippen LogP contribution is -2.21. The first kappa shape index (κ1) is 14.7. The molecule has 0 radical (unpaired) electrons. The maximum Gasteiger partial charge on any atom is 0.248 e. The standard InChI is InChI=1S/C16H16BrClN2O/c1-9-7-11(17)15(8-12(9)18)19-13-3-2-4-14-10(13)5-6-16(21)20-14/h5-8,13,19H,2-4H2,1H3,(H,20,21). The number of aromatic amines is 1. The van der Waals surface area contributed by atoms with Gasteiger partial charge in [0.15, 0.2) is 0 Å². The summed E-state index contributed by atoms with van der Waals surface area (Å²) in [5.74, 6) is 0. The Morgan fingerprint density at radius 3 is 3.00 bits per heavy atom. The van der Waals surface area contributed by atoms with Gasteiger partial charge in [0, 0.05) is 21.3 Å². The number of aryl methyl sites for hydroxylation is 2. The minimum atomic E-state index is -0.0334. The van der Waals surface area contributed by atoms with Crippen LogP contribution in [0.25, 0.3) is 0 Å².